The van der Waals surface area contributed by atoms with Crippen LogP contribution in [0.4, 0.5) is 5.69 Å². The number of hydrogen-bond donors (Lipinski definition) is 0. The largest absolute Gasteiger partial charge is 0.466 e. The van der Waals surface area contributed by atoms with E-state index in [-0.39, 0.29) is 23.5 Å². The molecule has 1 atom stereocenters. The summed E-state index contributed by atoms with van der Waals surface area (Å²) in [6, 6.07) is 6.08. The molecular weight excluding hydrogens is 388 g/mol. The zero-order valence-corrected chi connectivity index (χ0v) is 17.2. The van der Waals surface area contributed by atoms with Gasteiger partial charge in [-0.15, -0.1) is 0 Å². The molecule has 1 saturated heterocycles. The molecule has 1 aliphatic rings. The molecule has 3 rings (SSSR count). The number of hydrogen-bond acceptors (Lipinski definition) is 6. The van der Waals surface area contributed by atoms with E-state index in [0.717, 1.165) is 18.5 Å². The molecule has 0 bridgehead atoms. The molecule has 2 aromatic rings. The van der Waals surface area contributed by atoms with Crippen LogP contribution >= 0.6 is 0 Å². The maximum atomic E-state index is 13.2. The van der Waals surface area contributed by atoms with Crippen LogP contribution < -0.4 is 0 Å². The molecule has 160 valence electrons. The van der Waals surface area contributed by atoms with E-state index in [0.29, 0.717) is 43.8 Å². The van der Waals surface area contributed by atoms with E-state index in [9.17, 15) is 19.7 Å². The fourth-order valence-electron chi connectivity index (χ4n) is 3.75. The Morgan fingerprint density at radius 3 is 2.63 bits per heavy atom. The molecule has 1 aliphatic heterocycles. The number of likely N-dealkylation sites (tertiary alicyclic amines) is 1. The normalized spacial score (nSPS) is 16.3. The zero-order valence-electron chi connectivity index (χ0n) is 17.2. The smallest absolute Gasteiger partial charge is 0.310 e. The lowest BCUT2D eigenvalue weighted by molar-refractivity contribution is -0.384. The number of esters is 1. The molecule has 0 saturated carbocycles. The summed E-state index contributed by atoms with van der Waals surface area (Å²) in [5.74, 6) is -0.715. The first-order valence-electron chi connectivity index (χ1n) is 10.2. The third kappa shape index (κ3) is 4.50. The number of benzene rings is 1. The minimum Gasteiger partial charge on any atom is -0.466 e. The molecule has 1 amide bonds. The Morgan fingerprint density at radius 1 is 1.27 bits per heavy atom. The summed E-state index contributed by atoms with van der Waals surface area (Å²) in [6.45, 7) is 5.03. The highest BCUT2D eigenvalue weighted by Gasteiger charge is 2.31. The Morgan fingerprint density at radius 2 is 2.00 bits per heavy atom. The van der Waals surface area contributed by atoms with Crippen molar-refractivity contribution in [3.8, 4) is 5.69 Å². The summed E-state index contributed by atoms with van der Waals surface area (Å²) in [5, 5.41) is 15.3. The Hall–Kier alpha value is -3.23. The number of carbonyl (C=O) groups is 2. The number of non-ortho nitro benzene ring substituents is 1. The Balaban J connectivity index is 1.86. The predicted octanol–water partition coefficient (Wildman–Crippen LogP) is 3.15. The van der Waals surface area contributed by atoms with Gasteiger partial charge in [0.25, 0.3) is 11.6 Å². The number of ether oxygens (including phenoxy) is 1. The number of nitrogens with zero attached hydrogens (tertiary/aromatic N) is 4. The molecular formula is C21H26N4O5. The van der Waals surface area contributed by atoms with Gasteiger partial charge in [0.2, 0.25) is 0 Å². The Bertz CT molecular complexity index is 922. The number of amides is 1. The number of aromatic nitrogens is 2. The summed E-state index contributed by atoms with van der Waals surface area (Å²) in [7, 11) is 0. The van der Waals surface area contributed by atoms with Gasteiger partial charge in [0.1, 0.15) is 0 Å². The first-order chi connectivity index (χ1) is 14.5. The summed E-state index contributed by atoms with van der Waals surface area (Å²) in [4.78, 5) is 37.5. The Kier molecular flexibility index (Phi) is 6.81. The minimum absolute atomic E-state index is 0.00225. The highest BCUT2D eigenvalue weighted by atomic mass is 16.6. The van der Waals surface area contributed by atoms with Gasteiger partial charge in [-0.2, -0.15) is 5.10 Å². The lowest BCUT2D eigenvalue weighted by Crippen LogP contribution is -2.43. The second kappa shape index (κ2) is 9.51. The topological polar surface area (TPSA) is 108 Å². The zero-order chi connectivity index (χ0) is 21.7. The van der Waals surface area contributed by atoms with Crippen LogP contribution in [-0.2, 0) is 16.0 Å². The SMILES string of the molecule is CCCc1c(C(=O)N2CCCC(C(=O)OCC)C2)cnn1-c1ccc([N+](=O)[O-])cc1. The van der Waals surface area contributed by atoms with Gasteiger partial charge in [-0.25, -0.2) is 4.68 Å². The highest BCUT2D eigenvalue weighted by molar-refractivity contribution is 5.95. The van der Waals surface area contributed by atoms with Gasteiger partial charge in [-0.05, 0) is 38.3 Å². The van der Waals surface area contributed by atoms with E-state index in [2.05, 4.69) is 5.10 Å². The van der Waals surface area contributed by atoms with Crippen molar-refractivity contribution in [1.82, 2.24) is 14.7 Å². The molecule has 1 fully saturated rings. The monoisotopic (exact) mass is 414 g/mol. The number of carbonyl (C=O) groups excluding carboxylic acids is 2. The fourth-order valence-corrected chi connectivity index (χ4v) is 3.75. The van der Waals surface area contributed by atoms with Gasteiger partial charge in [0.15, 0.2) is 0 Å². The van der Waals surface area contributed by atoms with E-state index in [1.807, 2.05) is 6.92 Å². The average Bonchev–Trinajstić information content (AvgIpc) is 3.17. The second-order valence-electron chi connectivity index (χ2n) is 7.28. The number of piperidine rings is 1. The van der Waals surface area contributed by atoms with Crippen molar-refractivity contribution in [2.45, 2.75) is 39.5 Å². The first-order valence-corrected chi connectivity index (χ1v) is 10.2. The Labute approximate surface area is 174 Å². The van der Waals surface area contributed by atoms with Crippen LogP contribution in [0.25, 0.3) is 5.69 Å². The summed E-state index contributed by atoms with van der Waals surface area (Å²) in [6.07, 6.45) is 4.45. The number of rotatable bonds is 7. The van der Waals surface area contributed by atoms with Gasteiger partial charge in [0.05, 0.1) is 40.6 Å². The standard InChI is InChI=1S/C21H26N4O5/c1-3-6-19-18(13-22-24(19)16-8-10-17(11-9-16)25(28)29)20(26)23-12-5-7-15(14-23)21(27)30-4-2/h8-11,13,15H,3-7,12,14H2,1-2H3. The maximum absolute atomic E-state index is 13.2. The van der Waals surface area contributed by atoms with Gasteiger partial charge in [-0.1, -0.05) is 13.3 Å². The van der Waals surface area contributed by atoms with Crippen LogP contribution in [0.15, 0.2) is 30.5 Å². The molecule has 9 nitrogen and oxygen atoms in total. The van der Waals surface area contributed by atoms with Crippen molar-refractivity contribution < 1.29 is 19.2 Å². The summed E-state index contributed by atoms with van der Waals surface area (Å²) < 4.78 is 6.78. The molecule has 1 aromatic heterocycles. The first kappa shape index (κ1) is 21.5. The molecule has 0 radical (unpaired) electrons. The lowest BCUT2D eigenvalue weighted by Gasteiger charge is -2.31. The molecule has 0 aliphatic carbocycles. The molecule has 0 N–H and O–H groups in total. The molecule has 30 heavy (non-hydrogen) atoms. The van der Waals surface area contributed by atoms with Gasteiger partial charge < -0.3 is 9.64 Å². The van der Waals surface area contributed by atoms with E-state index in [1.165, 1.54) is 12.1 Å². The number of nitro groups is 1. The van der Waals surface area contributed by atoms with Gasteiger partial charge in [-0.3, -0.25) is 19.7 Å². The molecule has 2 heterocycles. The molecule has 0 spiro atoms. The van der Waals surface area contributed by atoms with Crippen LogP contribution in [-0.4, -0.2) is 51.2 Å². The van der Waals surface area contributed by atoms with Crippen LogP contribution in [0.3, 0.4) is 0 Å². The third-order valence-corrected chi connectivity index (χ3v) is 5.22. The van der Waals surface area contributed by atoms with Gasteiger partial charge >= 0.3 is 5.97 Å². The van der Waals surface area contributed by atoms with Crippen LogP contribution in [0.1, 0.15) is 49.2 Å². The fraction of sp³-hybridized carbons (Fsp3) is 0.476. The quantitative estimate of drug-likeness (QED) is 0.391. The van der Waals surface area contributed by atoms with Crippen molar-refractivity contribution in [3.05, 3.63) is 51.8 Å². The van der Waals surface area contributed by atoms with Crippen LogP contribution in [0.5, 0.6) is 0 Å². The van der Waals surface area contributed by atoms with E-state index < -0.39 is 4.92 Å². The lowest BCUT2D eigenvalue weighted by atomic mass is 9.97. The van der Waals surface area contributed by atoms with Gasteiger partial charge in [0, 0.05) is 25.2 Å². The summed E-state index contributed by atoms with van der Waals surface area (Å²) in [5.41, 5.74) is 1.91. The van der Waals surface area contributed by atoms with Crippen LogP contribution in [0.2, 0.25) is 0 Å². The van der Waals surface area contributed by atoms with E-state index >= 15 is 0 Å². The minimum atomic E-state index is -0.453. The molecule has 1 unspecified atom stereocenters. The number of nitro benzene ring substituents is 1. The van der Waals surface area contributed by atoms with Crippen molar-refractivity contribution in [2.24, 2.45) is 5.92 Å². The molecule has 1 aromatic carbocycles. The van der Waals surface area contributed by atoms with Crippen LogP contribution in [0, 0.1) is 16.0 Å². The van der Waals surface area contributed by atoms with E-state index in [1.54, 1.807) is 34.8 Å². The van der Waals surface area contributed by atoms with Crippen molar-refractivity contribution in [1.29, 1.82) is 0 Å². The second-order valence-corrected chi connectivity index (χ2v) is 7.28. The highest BCUT2D eigenvalue weighted by Crippen LogP contribution is 2.24. The molecule has 9 heteroatoms. The third-order valence-electron chi connectivity index (χ3n) is 5.22. The predicted molar refractivity (Wildman–Crippen MR) is 109 cm³/mol. The van der Waals surface area contributed by atoms with Crippen molar-refractivity contribution >= 4 is 17.6 Å². The average molecular weight is 414 g/mol. The van der Waals surface area contributed by atoms with E-state index in [4.69, 9.17) is 4.74 Å². The van der Waals surface area contributed by atoms with Crippen molar-refractivity contribution in [3.63, 3.8) is 0 Å². The van der Waals surface area contributed by atoms with Crippen molar-refractivity contribution in [2.75, 3.05) is 19.7 Å². The maximum Gasteiger partial charge on any atom is 0.310 e. The summed E-state index contributed by atoms with van der Waals surface area (Å²) >= 11 is 0.